The number of aryl methyl sites for hydroxylation is 1. The van der Waals surface area contributed by atoms with Crippen LogP contribution in [0.5, 0.6) is 0 Å². The Balaban J connectivity index is 0.961. The fraction of sp³-hybridized carbons (Fsp3) is 0.676. The summed E-state index contributed by atoms with van der Waals surface area (Å²) >= 11 is 1.60. The second-order valence-corrected chi connectivity index (χ2v) is 16.8. The van der Waals surface area contributed by atoms with E-state index in [1.165, 1.54) is 0 Å². The van der Waals surface area contributed by atoms with Crippen LogP contribution in [0, 0.1) is 23.7 Å². The van der Waals surface area contributed by atoms with Gasteiger partial charge in [0.05, 0.1) is 22.2 Å². The zero-order valence-electron chi connectivity index (χ0n) is 29.2. The Morgan fingerprint density at radius 2 is 1.80 bits per heavy atom. The Hall–Kier alpha value is -2.96. The van der Waals surface area contributed by atoms with Crippen LogP contribution in [0.1, 0.15) is 83.4 Å². The molecular weight excluding hydrogens is 649 g/mol. The van der Waals surface area contributed by atoms with Gasteiger partial charge in [-0.05, 0) is 80.4 Å². The maximum atomic E-state index is 13.9. The molecule has 3 unspecified atom stereocenters. The van der Waals surface area contributed by atoms with Crippen molar-refractivity contribution in [1.82, 2.24) is 25.4 Å². The molecule has 9 nitrogen and oxygen atoms in total. The fourth-order valence-corrected chi connectivity index (χ4v) is 8.73. The summed E-state index contributed by atoms with van der Waals surface area (Å²) in [5.41, 5.74) is 4.47. The number of rotatable bonds is 11. The van der Waals surface area contributed by atoms with E-state index in [-0.39, 0.29) is 42.3 Å². The smallest absolute Gasteiger partial charge is 0.252 e. The lowest BCUT2D eigenvalue weighted by molar-refractivity contribution is -0.145. The molecule has 1 spiro atoms. The Kier molecular flexibility index (Phi) is 10.5. The molecule has 2 saturated carbocycles. The monoisotopic (exact) mass is 699 g/mol. The molecule has 49 heavy (non-hydrogen) atoms. The molecule has 3 heterocycles. The predicted molar refractivity (Wildman–Crippen MR) is 185 cm³/mol. The number of nitrogens with one attached hydrogen (secondary N) is 2. The van der Waals surface area contributed by atoms with Crippen molar-refractivity contribution < 1.29 is 27.9 Å². The van der Waals surface area contributed by atoms with Crippen LogP contribution in [0.15, 0.2) is 29.8 Å². The molecular formula is C37H51F2N5O4S. The predicted octanol–water partition coefficient (Wildman–Crippen LogP) is 5.56. The Labute approximate surface area is 292 Å². The van der Waals surface area contributed by atoms with Gasteiger partial charge < -0.3 is 25.2 Å². The summed E-state index contributed by atoms with van der Waals surface area (Å²) in [5, 5.41) is 5.96. The van der Waals surface area contributed by atoms with E-state index >= 15 is 0 Å². The van der Waals surface area contributed by atoms with Crippen LogP contribution in [0.25, 0.3) is 10.4 Å². The number of ether oxygens (including phenoxy) is 1. The zero-order chi connectivity index (χ0) is 35.0. The van der Waals surface area contributed by atoms with Crippen molar-refractivity contribution in [2.24, 2.45) is 16.7 Å². The number of amides is 3. The third kappa shape index (κ3) is 8.51. The number of hydrogen-bond donors (Lipinski definition) is 2. The van der Waals surface area contributed by atoms with E-state index in [1.807, 2.05) is 57.5 Å². The Morgan fingerprint density at radius 3 is 2.43 bits per heavy atom. The van der Waals surface area contributed by atoms with E-state index in [0.717, 1.165) is 66.9 Å². The molecule has 4 aliphatic rings. The van der Waals surface area contributed by atoms with Crippen molar-refractivity contribution in [1.29, 1.82) is 0 Å². The van der Waals surface area contributed by atoms with Gasteiger partial charge in [-0.2, -0.15) is 0 Å². The van der Waals surface area contributed by atoms with E-state index in [2.05, 4.69) is 20.5 Å². The van der Waals surface area contributed by atoms with Crippen molar-refractivity contribution in [3.8, 4) is 10.4 Å². The standard InChI is InChI=1S/C37H51F2N5O4S/c1-24-31(49-23-41-24)26-9-7-25(8-10-26)19-40-33(46)29-6-5-16-44(29)34(47)32(35(2,3)4)42-30(45)21-48-28-11-13-36(14-12-28)15-17-43(22-36)20-27-18-37(27,38)39/h7-10,23,27-29,32H,5-6,11-22H2,1-4H3,(H,40,46)(H,42,45). The molecule has 268 valence electrons. The van der Waals surface area contributed by atoms with Gasteiger partial charge >= 0.3 is 0 Å². The van der Waals surface area contributed by atoms with Crippen LogP contribution in [0.3, 0.4) is 0 Å². The Bertz CT molecular complexity index is 1500. The number of benzene rings is 1. The van der Waals surface area contributed by atoms with Gasteiger partial charge in [-0.15, -0.1) is 11.3 Å². The molecule has 0 bridgehead atoms. The highest BCUT2D eigenvalue weighted by molar-refractivity contribution is 7.13. The van der Waals surface area contributed by atoms with Gasteiger partial charge in [0.15, 0.2) is 0 Å². The van der Waals surface area contributed by atoms with E-state index < -0.39 is 29.3 Å². The molecule has 2 aromatic rings. The molecule has 2 aliphatic carbocycles. The topological polar surface area (TPSA) is 104 Å². The number of hydrogen-bond acceptors (Lipinski definition) is 7. The minimum Gasteiger partial charge on any atom is -0.368 e. The van der Waals surface area contributed by atoms with Gasteiger partial charge in [-0.1, -0.05) is 45.0 Å². The van der Waals surface area contributed by atoms with E-state index in [1.54, 1.807) is 16.2 Å². The first-order valence-corrected chi connectivity index (χ1v) is 18.7. The second kappa shape index (κ2) is 14.3. The third-order valence-electron chi connectivity index (χ3n) is 11.1. The summed E-state index contributed by atoms with van der Waals surface area (Å²) in [6, 6.07) is 6.66. The maximum Gasteiger partial charge on any atom is 0.252 e. The minimum absolute atomic E-state index is 0.0228. The minimum atomic E-state index is -2.47. The first kappa shape index (κ1) is 35.9. The quantitative estimate of drug-likeness (QED) is 0.319. The SMILES string of the molecule is Cc1ncsc1-c1ccc(CNC(=O)C2CCCN2C(=O)C(NC(=O)COC2CCC3(CC2)CCN(CC2CC2(F)F)C3)C(C)(C)C)cc1. The van der Waals surface area contributed by atoms with E-state index in [0.29, 0.717) is 32.5 Å². The lowest BCUT2D eigenvalue weighted by Gasteiger charge is -2.37. The number of alkyl halides is 2. The van der Waals surface area contributed by atoms with Crippen molar-refractivity contribution in [3.05, 3.63) is 41.0 Å². The highest BCUT2D eigenvalue weighted by Crippen LogP contribution is 2.51. The van der Waals surface area contributed by atoms with Gasteiger partial charge in [0.1, 0.15) is 18.7 Å². The molecule has 12 heteroatoms. The summed E-state index contributed by atoms with van der Waals surface area (Å²) < 4.78 is 32.9. The van der Waals surface area contributed by atoms with Crippen LogP contribution in [-0.4, -0.2) is 89.4 Å². The maximum absolute atomic E-state index is 13.9. The molecule has 4 fully saturated rings. The Morgan fingerprint density at radius 1 is 1.08 bits per heavy atom. The summed E-state index contributed by atoms with van der Waals surface area (Å²) in [5.74, 6) is -3.74. The number of carbonyl (C=O) groups excluding carboxylic acids is 3. The first-order chi connectivity index (χ1) is 23.2. The number of likely N-dealkylation sites (tertiary alicyclic amines) is 2. The van der Waals surface area contributed by atoms with Crippen molar-refractivity contribution >= 4 is 29.1 Å². The van der Waals surface area contributed by atoms with Gasteiger partial charge in [0, 0.05) is 38.5 Å². The molecule has 2 aliphatic heterocycles. The third-order valence-corrected chi connectivity index (χ3v) is 12.1. The molecule has 2 N–H and O–H groups in total. The number of aromatic nitrogens is 1. The molecule has 1 aromatic carbocycles. The number of thiazole rings is 1. The van der Waals surface area contributed by atoms with Crippen molar-refractivity contribution in [2.45, 2.75) is 110 Å². The van der Waals surface area contributed by atoms with Crippen LogP contribution >= 0.6 is 11.3 Å². The lowest BCUT2D eigenvalue weighted by atomic mass is 9.72. The molecule has 6 rings (SSSR count). The summed E-state index contributed by atoms with van der Waals surface area (Å²) in [6.07, 6.45) is 5.91. The molecule has 3 atom stereocenters. The van der Waals surface area contributed by atoms with Crippen molar-refractivity contribution in [2.75, 3.05) is 32.8 Å². The number of carbonyl (C=O) groups is 3. The first-order valence-electron chi connectivity index (χ1n) is 17.8. The van der Waals surface area contributed by atoms with Crippen molar-refractivity contribution in [3.63, 3.8) is 0 Å². The average molecular weight is 700 g/mol. The number of halogens is 2. The molecule has 3 amide bonds. The van der Waals surface area contributed by atoms with Crippen LogP contribution in [0.2, 0.25) is 0 Å². The highest BCUT2D eigenvalue weighted by atomic mass is 32.1. The summed E-state index contributed by atoms with van der Waals surface area (Å²) in [6.45, 7) is 10.7. The summed E-state index contributed by atoms with van der Waals surface area (Å²) in [4.78, 5) is 49.7. The van der Waals surface area contributed by atoms with Gasteiger partial charge in [-0.3, -0.25) is 14.4 Å². The second-order valence-electron chi connectivity index (χ2n) is 15.9. The highest BCUT2D eigenvalue weighted by Gasteiger charge is 2.57. The van der Waals surface area contributed by atoms with Gasteiger partial charge in [0.25, 0.3) is 5.92 Å². The molecule has 1 aromatic heterocycles. The van der Waals surface area contributed by atoms with E-state index in [9.17, 15) is 23.2 Å². The normalized spacial score (nSPS) is 27.3. The lowest BCUT2D eigenvalue weighted by Crippen LogP contribution is -2.58. The zero-order valence-corrected chi connectivity index (χ0v) is 30.1. The largest absolute Gasteiger partial charge is 0.368 e. The fourth-order valence-electron chi connectivity index (χ4n) is 7.92. The summed E-state index contributed by atoms with van der Waals surface area (Å²) in [7, 11) is 0. The van der Waals surface area contributed by atoms with Gasteiger partial charge in [-0.25, -0.2) is 13.8 Å². The van der Waals surface area contributed by atoms with E-state index in [4.69, 9.17) is 4.74 Å². The van der Waals surface area contributed by atoms with Crippen LogP contribution in [0.4, 0.5) is 8.78 Å². The van der Waals surface area contributed by atoms with Gasteiger partial charge in [0.2, 0.25) is 17.7 Å². The van der Waals surface area contributed by atoms with Crippen LogP contribution in [-0.2, 0) is 25.7 Å². The number of nitrogens with zero attached hydrogens (tertiary/aromatic N) is 3. The molecule has 2 saturated heterocycles. The molecule has 0 radical (unpaired) electrons. The average Bonchev–Trinajstić information content (AvgIpc) is 3.55. The van der Waals surface area contributed by atoms with Crippen LogP contribution < -0.4 is 10.6 Å².